The number of nitrogens with zero attached hydrogens (tertiary/aromatic N) is 1. The van der Waals surface area contributed by atoms with Gasteiger partial charge in [0.05, 0.1) is 10.0 Å². The van der Waals surface area contributed by atoms with Gasteiger partial charge in [-0.25, -0.2) is 9.37 Å². The number of carbonyl (C=O) groups is 1. The lowest BCUT2D eigenvalue weighted by Crippen LogP contribution is -2.32. The van der Waals surface area contributed by atoms with E-state index in [2.05, 4.69) is 4.98 Å². The lowest BCUT2D eigenvalue weighted by atomic mass is 10.1. The molecule has 0 saturated carbocycles. The number of ether oxygens (including phenoxy) is 1. The lowest BCUT2D eigenvalue weighted by molar-refractivity contribution is -0.138. The van der Waals surface area contributed by atoms with Gasteiger partial charge in [-0.3, -0.25) is 4.79 Å². The highest BCUT2D eigenvalue weighted by atomic mass is 35.5. The summed E-state index contributed by atoms with van der Waals surface area (Å²) in [5.74, 6) is -0.833. The minimum Gasteiger partial charge on any atom is -0.486 e. The monoisotopic (exact) mass is 474 g/mol. The number of benzene rings is 3. The van der Waals surface area contributed by atoms with E-state index in [0.717, 1.165) is 0 Å². The number of fused-ring (bicyclic) bond motifs is 1. The molecular formula is C23H17Cl2FN2O4. The van der Waals surface area contributed by atoms with Gasteiger partial charge in [0.1, 0.15) is 24.0 Å². The smallest absolute Gasteiger partial charge is 0.320 e. The number of hydrogen-bond donors (Lipinski definition) is 2. The van der Waals surface area contributed by atoms with Gasteiger partial charge in [0, 0.05) is 11.1 Å². The van der Waals surface area contributed by atoms with E-state index in [1.54, 1.807) is 30.3 Å². The minimum absolute atomic E-state index is 0.0819. The van der Waals surface area contributed by atoms with Crippen molar-refractivity contribution >= 4 is 40.3 Å². The predicted octanol–water partition coefficient (Wildman–Crippen LogP) is 5.47. The fourth-order valence-corrected chi connectivity index (χ4v) is 3.84. The molecule has 1 unspecified atom stereocenters. The average Bonchev–Trinajstić information content (AvgIpc) is 3.18. The molecule has 3 aromatic carbocycles. The minimum atomic E-state index is -1.11. The van der Waals surface area contributed by atoms with Crippen LogP contribution in [0.5, 0.6) is 5.75 Å². The van der Waals surface area contributed by atoms with Crippen molar-refractivity contribution in [3.8, 4) is 17.2 Å². The number of carboxylic acid groups (broad SMARTS) is 1. The Kier molecular flexibility index (Phi) is 6.32. The molecular weight excluding hydrogens is 458 g/mol. The first-order chi connectivity index (χ1) is 15.3. The van der Waals surface area contributed by atoms with E-state index in [-0.39, 0.29) is 34.6 Å². The standard InChI is InChI=1S/C23H17Cl2FN2O4/c24-16-8-12(10-18(27)23(29)30)9-17(25)21(16)31-11-14-2-1-3-19-20(14)32-22(28-19)13-4-6-15(26)7-5-13/h1-9,18H,10-11,27H2,(H,29,30). The molecule has 0 saturated heterocycles. The largest absolute Gasteiger partial charge is 0.486 e. The second-order valence-electron chi connectivity index (χ2n) is 7.12. The quantitative estimate of drug-likeness (QED) is 0.368. The van der Waals surface area contributed by atoms with Crippen LogP contribution in [0.4, 0.5) is 4.39 Å². The first-order valence-corrected chi connectivity index (χ1v) is 10.3. The Morgan fingerprint density at radius 1 is 1.16 bits per heavy atom. The van der Waals surface area contributed by atoms with Crippen LogP contribution in [0.2, 0.25) is 10.0 Å². The summed E-state index contributed by atoms with van der Waals surface area (Å²) < 4.78 is 25.0. The SMILES string of the molecule is NC(Cc1cc(Cl)c(OCc2cccc3nc(-c4ccc(F)cc4)oc23)c(Cl)c1)C(=O)O. The molecule has 0 aliphatic heterocycles. The maximum atomic E-state index is 13.2. The molecule has 0 aliphatic carbocycles. The molecule has 32 heavy (non-hydrogen) atoms. The summed E-state index contributed by atoms with van der Waals surface area (Å²) in [6.07, 6.45) is 0.0819. The van der Waals surface area contributed by atoms with Gasteiger partial charge in [-0.05, 0) is 54.4 Å². The first kappa shape index (κ1) is 22.1. The van der Waals surface area contributed by atoms with E-state index in [0.29, 0.717) is 33.7 Å². The van der Waals surface area contributed by atoms with Crippen LogP contribution in [0.3, 0.4) is 0 Å². The molecule has 0 spiro atoms. The molecule has 4 rings (SSSR count). The Morgan fingerprint density at radius 2 is 1.84 bits per heavy atom. The van der Waals surface area contributed by atoms with Gasteiger partial charge in [0.25, 0.3) is 0 Å². The van der Waals surface area contributed by atoms with Gasteiger partial charge in [0.15, 0.2) is 11.3 Å². The number of aliphatic carboxylic acids is 1. The number of hydrogen-bond acceptors (Lipinski definition) is 5. The third-order valence-corrected chi connectivity index (χ3v) is 5.35. The molecule has 3 N–H and O–H groups in total. The number of rotatable bonds is 7. The van der Waals surface area contributed by atoms with Crippen molar-refractivity contribution in [3.05, 3.63) is 81.6 Å². The van der Waals surface area contributed by atoms with Crippen LogP contribution in [0.25, 0.3) is 22.6 Å². The van der Waals surface area contributed by atoms with E-state index in [1.165, 1.54) is 12.1 Å². The van der Waals surface area contributed by atoms with Crippen molar-refractivity contribution in [2.75, 3.05) is 0 Å². The fraction of sp³-hybridized carbons (Fsp3) is 0.130. The van der Waals surface area contributed by atoms with Crippen molar-refractivity contribution in [3.63, 3.8) is 0 Å². The van der Waals surface area contributed by atoms with Crippen LogP contribution in [0.15, 0.2) is 59.0 Å². The van der Waals surface area contributed by atoms with Gasteiger partial charge in [-0.15, -0.1) is 0 Å². The maximum absolute atomic E-state index is 13.2. The molecule has 0 radical (unpaired) electrons. The Balaban J connectivity index is 1.56. The predicted molar refractivity (Wildman–Crippen MR) is 120 cm³/mol. The molecule has 9 heteroatoms. The molecule has 0 bridgehead atoms. The molecule has 0 aliphatic rings. The van der Waals surface area contributed by atoms with E-state index in [4.69, 9.17) is 43.2 Å². The summed E-state index contributed by atoms with van der Waals surface area (Å²) in [5.41, 5.74) is 8.68. The third-order valence-electron chi connectivity index (χ3n) is 4.79. The molecule has 6 nitrogen and oxygen atoms in total. The first-order valence-electron chi connectivity index (χ1n) is 9.55. The summed E-state index contributed by atoms with van der Waals surface area (Å²) in [5, 5.41) is 9.45. The number of para-hydroxylation sites is 1. The molecule has 1 atom stereocenters. The van der Waals surface area contributed by atoms with Crippen LogP contribution in [-0.4, -0.2) is 22.1 Å². The van der Waals surface area contributed by atoms with Crippen LogP contribution in [0, 0.1) is 5.82 Å². The summed E-state index contributed by atoms with van der Waals surface area (Å²) in [6.45, 7) is 0.100. The Morgan fingerprint density at radius 3 is 2.50 bits per heavy atom. The highest BCUT2D eigenvalue weighted by Crippen LogP contribution is 2.36. The molecule has 1 heterocycles. The van der Waals surface area contributed by atoms with Gasteiger partial charge in [-0.1, -0.05) is 35.3 Å². The normalized spacial score (nSPS) is 12.1. The number of carboxylic acids is 1. The Labute approximate surface area is 192 Å². The van der Waals surface area contributed by atoms with Gasteiger partial charge in [0.2, 0.25) is 5.89 Å². The highest BCUT2D eigenvalue weighted by molar-refractivity contribution is 6.37. The summed E-state index contributed by atoms with van der Waals surface area (Å²) in [4.78, 5) is 15.4. The average molecular weight is 475 g/mol. The molecule has 0 fully saturated rings. The van der Waals surface area contributed by atoms with Crippen LogP contribution < -0.4 is 10.5 Å². The lowest BCUT2D eigenvalue weighted by Gasteiger charge is -2.13. The van der Waals surface area contributed by atoms with Gasteiger partial charge in [-0.2, -0.15) is 0 Å². The summed E-state index contributed by atoms with van der Waals surface area (Å²) >= 11 is 12.6. The third kappa shape index (κ3) is 4.70. The van der Waals surface area contributed by atoms with Crippen molar-refractivity contribution in [2.45, 2.75) is 19.1 Å². The van der Waals surface area contributed by atoms with E-state index in [1.807, 2.05) is 12.1 Å². The zero-order chi connectivity index (χ0) is 22.8. The second kappa shape index (κ2) is 9.16. The highest BCUT2D eigenvalue weighted by Gasteiger charge is 2.17. The molecule has 4 aromatic rings. The van der Waals surface area contributed by atoms with Crippen LogP contribution >= 0.6 is 23.2 Å². The fourth-order valence-electron chi connectivity index (χ4n) is 3.19. The number of aromatic nitrogens is 1. The van der Waals surface area contributed by atoms with Gasteiger partial charge < -0.3 is 20.0 Å². The number of nitrogens with two attached hydrogens (primary N) is 1. The number of halogens is 3. The van der Waals surface area contributed by atoms with E-state index < -0.39 is 12.0 Å². The molecule has 164 valence electrons. The van der Waals surface area contributed by atoms with Crippen molar-refractivity contribution in [2.24, 2.45) is 5.73 Å². The summed E-state index contributed by atoms with van der Waals surface area (Å²) in [7, 11) is 0. The van der Waals surface area contributed by atoms with E-state index in [9.17, 15) is 9.18 Å². The molecule has 1 aromatic heterocycles. The van der Waals surface area contributed by atoms with Crippen LogP contribution in [0.1, 0.15) is 11.1 Å². The summed E-state index contributed by atoms with van der Waals surface area (Å²) in [6, 6.07) is 13.4. The second-order valence-corrected chi connectivity index (χ2v) is 7.93. The Hall–Kier alpha value is -3.13. The van der Waals surface area contributed by atoms with Crippen LogP contribution in [-0.2, 0) is 17.8 Å². The topological polar surface area (TPSA) is 98.6 Å². The van der Waals surface area contributed by atoms with Crippen molar-refractivity contribution < 1.29 is 23.4 Å². The zero-order valence-electron chi connectivity index (χ0n) is 16.5. The van der Waals surface area contributed by atoms with Crippen molar-refractivity contribution in [1.82, 2.24) is 4.98 Å². The Bertz CT molecular complexity index is 1270. The molecule has 0 amide bonds. The number of oxazole rings is 1. The maximum Gasteiger partial charge on any atom is 0.320 e. The zero-order valence-corrected chi connectivity index (χ0v) is 18.0. The van der Waals surface area contributed by atoms with E-state index >= 15 is 0 Å². The van der Waals surface area contributed by atoms with Gasteiger partial charge >= 0.3 is 5.97 Å². The van der Waals surface area contributed by atoms with Crippen molar-refractivity contribution in [1.29, 1.82) is 0 Å².